The van der Waals surface area contributed by atoms with Gasteiger partial charge in [0.1, 0.15) is 24.1 Å². The van der Waals surface area contributed by atoms with Crippen LogP contribution in [0.5, 0.6) is 11.5 Å². The van der Waals surface area contributed by atoms with Gasteiger partial charge in [0.15, 0.2) is 0 Å². The Morgan fingerprint density at radius 3 is 2.25 bits per heavy atom. The second-order valence-electron chi connectivity index (χ2n) is 14.8. The van der Waals surface area contributed by atoms with Crippen LogP contribution in [-0.2, 0) is 27.3 Å². The van der Waals surface area contributed by atoms with Crippen molar-refractivity contribution in [1.82, 2.24) is 20.0 Å². The molecule has 4 amide bonds. The van der Waals surface area contributed by atoms with E-state index in [1.807, 2.05) is 53.4 Å². The van der Waals surface area contributed by atoms with Gasteiger partial charge in [-0.05, 0) is 101 Å². The Bertz CT molecular complexity index is 2070. The third-order valence-corrected chi connectivity index (χ3v) is 11.2. The van der Waals surface area contributed by atoms with Crippen molar-refractivity contribution in [2.24, 2.45) is 0 Å². The second-order valence-corrected chi connectivity index (χ2v) is 14.8. The molecule has 3 aliphatic heterocycles. The smallest absolute Gasteiger partial charge is 0.255 e. The number of phenols is 1. The number of aromatic hydroxyl groups is 1. The molecule has 7 rings (SSSR count). The molecule has 1 unspecified atom stereocenters. The number of piperidine rings is 1. The van der Waals surface area contributed by atoms with Crippen LogP contribution in [0.4, 0.5) is 0 Å². The molecule has 2 fully saturated rings. The number of hydrogen-bond donors (Lipinski definition) is 2. The fraction of sp³-hybridized carbons (Fsp3) is 0.348. The summed E-state index contributed by atoms with van der Waals surface area (Å²) in [6.45, 7) is 6.94. The second kappa shape index (κ2) is 17.8. The van der Waals surface area contributed by atoms with Crippen LogP contribution in [-0.4, -0.2) is 88.8 Å². The average molecular weight is 755 g/mol. The van der Waals surface area contributed by atoms with Crippen LogP contribution >= 0.6 is 0 Å². The number of unbranched alkanes of at least 4 members (excludes halogenated alkanes) is 1. The molecule has 10 heteroatoms. The summed E-state index contributed by atoms with van der Waals surface area (Å²) in [5.74, 6) is 0.394. The zero-order valence-electron chi connectivity index (χ0n) is 32.0. The number of phenolic OH excluding ortho intramolecular Hbond substituents is 1. The molecule has 0 aromatic heterocycles. The van der Waals surface area contributed by atoms with Gasteiger partial charge in [0, 0.05) is 57.7 Å². The molecule has 0 saturated carbocycles. The Morgan fingerprint density at radius 1 is 0.839 bits per heavy atom. The van der Waals surface area contributed by atoms with Crippen LogP contribution in [0.3, 0.4) is 0 Å². The molecule has 0 aliphatic carbocycles. The number of benzene rings is 4. The number of hydrogen-bond acceptors (Lipinski definition) is 7. The number of carbonyl (C=O) groups is 4. The lowest BCUT2D eigenvalue weighted by atomic mass is 9.88. The topological polar surface area (TPSA) is 119 Å². The van der Waals surface area contributed by atoms with Crippen LogP contribution in [0, 0.1) is 0 Å². The van der Waals surface area contributed by atoms with Crippen LogP contribution in [0.2, 0.25) is 0 Å². The molecule has 1 atom stereocenters. The van der Waals surface area contributed by atoms with Gasteiger partial charge >= 0.3 is 0 Å². The van der Waals surface area contributed by atoms with Crippen LogP contribution in [0.25, 0.3) is 11.1 Å². The first-order valence-electron chi connectivity index (χ1n) is 19.8. The van der Waals surface area contributed by atoms with E-state index in [0.717, 1.165) is 78.9 Å². The fourth-order valence-corrected chi connectivity index (χ4v) is 8.09. The molecule has 56 heavy (non-hydrogen) atoms. The summed E-state index contributed by atoms with van der Waals surface area (Å²) < 4.78 is 6.17. The summed E-state index contributed by atoms with van der Waals surface area (Å²) in [5, 5.41) is 12.3. The van der Waals surface area contributed by atoms with E-state index in [1.165, 1.54) is 11.1 Å². The minimum Gasteiger partial charge on any atom is -0.508 e. The lowest BCUT2D eigenvalue weighted by molar-refractivity contribution is -0.137. The Labute approximate surface area is 328 Å². The maximum Gasteiger partial charge on any atom is 0.255 e. The predicted molar refractivity (Wildman–Crippen MR) is 216 cm³/mol. The molecule has 4 aromatic rings. The van der Waals surface area contributed by atoms with E-state index < -0.39 is 11.9 Å². The molecule has 4 aromatic carbocycles. The Balaban J connectivity index is 0.832. The first-order valence-corrected chi connectivity index (χ1v) is 19.8. The fourth-order valence-electron chi connectivity index (χ4n) is 8.09. The summed E-state index contributed by atoms with van der Waals surface area (Å²) in [5.41, 5.74) is 8.33. The number of nitrogens with zero attached hydrogens (tertiary/aromatic N) is 3. The van der Waals surface area contributed by atoms with Crippen molar-refractivity contribution in [2.45, 2.75) is 64.5 Å². The van der Waals surface area contributed by atoms with Crippen molar-refractivity contribution in [3.05, 3.63) is 130 Å². The zero-order chi connectivity index (χ0) is 39.0. The van der Waals surface area contributed by atoms with Gasteiger partial charge in [-0.15, -0.1) is 0 Å². The monoisotopic (exact) mass is 754 g/mol. The van der Waals surface area contributed by atoms with E-state index in [-0.39, 0.29) is 29.9 Å². The Morgan fingerprint density at radius 2 is 1.55 bits per heavy atom. The minimum atomic E-state index is -0.614. The molecule has 3 aliphatic rings. The summed E-state index contributed by atoms with van der Waals surface area (Å²) >= 11 is 0. The number of imide groups is 1. The van der Waals surface area contributed by atoms with Gasteiger partial charge in [-0.2, -0.15) is 0 Å². The number of ether oxygens (including phenoxy) is 1. The number of piperazine rings is 1. The number of carbonyl (C=O) groups excluding carboxylic acids is 4. The van der Waals surface area contributed by atoms with Crippen molar-refractivity contribution in [3.63, 3.8) is 0 Å². The first-order chi connectivity index (χ1) is 27.3. The lowest BCUT2D eigenvalue weighted by Gasteiger charge is -2.34. The van der Waals surface area contributed by atoms with E-state index >= 15 is 0 Å². The zero-order valence-corrected chi connectivity index (χ0v) is 32.0. The van der Waals surface area contributed by atoms with E-state index in [2.05, 4.69) is 53.5 Å². The molecular formula is C46H50N4O6. The molecule has 0 radical (unpaired) electrons. The number of rotatable bonds is 14. The molecular weight excluding hydrogens is 705 g/mol. The maximum atomic E-state index is 13.0. The van der Waals surface area contributed by atoms with Crippen molar-refractivity contribution < 1.29 is 29.0 Å². The Hall–Kier alpha value is -5.74. The third-order valence-electron chi connectivity index (χ3n) is 11.2. The van der Waals surface area contributed by atoms with Crippen LogP contribution < -0.4 is 10.1 Å². The quantitative estimate of drug-likeness (QED) is 0.0863. The summed E-state index contributed by atoms with van der Waals surface area (Å²) in [7, 11) is 0. The molecule has 3 heterocycles. The third kappa shape index (κ3) is 9.03. The van der Waals surface area contributed by atoms with Gasteiger partial charge in [-0.25, -0.2) is 0 Å². The standard InChI is InChI=1S/C46H50N4O6/c1-2-39(33-9-4-3-5-10-33)44(34-13-17-37(51)18-14-34)35-15-19-38(20-16-35)56-29-28-48-24-26-49(27-25-48)43(53)11-7-6-8-32-12-21-40-36(30-32)31-50(46(40)55)41-22-23-42(52)47-45(41)54/h3-5,9-10,12-21,30,41,51H,2,6-8,11,22-29,31H2,1H3,(H,47,52,54). The first kappa shape index (κ1) is 38.5. The number of fused-ring (bicyclic) bond motifs is 1. The highest BCUT2D eigenvalue weighted by Crippen LogP contribution is 2.36. The van der Waals surface area contributed by atoms with Crippen molar-refractivity contribution in [1.29, 1.82) is 0 Å². The van der Waals surface area contributed by atoms with Gasteiger partial charge in [-0.3, -0.25) is 29.4 Å². The highest BCUT2D eigenvalue weighted by Gasteiger charge is 2.39. The largest absolute Gasteiger partial charge is 0.508 e. The van der Waals surface area contributed by atoms with Gasteiger partial charge in [0.2, 0.25) is 17.7 Å². The normalized spacial score (nSPS) is 17.7. The van der Waals surface area contributed by atoms with Crippen LogP contribution in [0.1, 0.15) is 83.6 Å². The summed E-state index contributed by atoms with van der Waals surface area (Å²) in [6, 6.07) is 31.3. The van der Waals surface area contributed by atoms with Gasteiger partial charge in [0.25, 0.3) is 5.91 Å². The van der Waals surface area contributed by atoms with Crippen LogP contribution in [0.15, 0.2) is 97.1 Å². The SMILES string of the molecule is CCC(=C(c1ccc(O)cc1)c1ccc(OCCN2CCN(C(=O)CCCCc3ccc4c(c3)CN(C3CCC(=O)NC3=O)C4=O)CC2)cc1)c1ccccc1. The van der Waals surface area contributed by atoms with E-state index in [0.29, 0.717) is 44.6 Å². The van der Waals surface area contributed by atoms with E-state index in [9.17, 15) is 24.3 Å². The summed E-state index contributed by atoms with van der Waals surface area (Å²) in [4.78, 5) is 55.8. The predicted octanol–water partition coefficient (Wildman–Crippen LogP) is 6.46. The number of aryl methyl sites for hydroxylation is 1. The summed E-state index contributed by atoms with van der Waals surface area (Å²) in [6.07, 6.45) is 4.44. The molecule has 290 valence electrons. The number of allylic oxidation sites excluding steroid dienone is 1. The highest BCUT2D eigenvalue weighted by atomic mass is 16.5. The van der Waals surface area contributed by atoms with E-state index in [1.54, 1.807) is 17.0 Å². The Kier molecular flexibility index (Phi) is 12.3. The molecule has 2 saturated heterocycles. The highest BCUT2D eigenvalue weighted by molar-refractivity contribution is 6.05. The molecule has 2 N–H and O–H groups in total. The van der Waals surface area contributed by atoms with Gasteiger partial charge in [-0.1, -0.05) is 73.7 Å². The number of amides is 4. The van der Waals surface area contributed by atoms with Crippen molar-refractivity contribution in [3.8, 4) is 11.5 Å². The minimum absolute atomic E-state index is 0.163. The molecule has 10 nitrogen and oxygen atoms in total. The lowest BCUT2D eigenvalue weighted by Crippen LogP contribution is -2.52. The maximum absolute atomic E-state index is 13.0. The number of nitrogens with one attached hydrogen (secondary N) is 1. The average Bonchev–Trinajstić information content (AvgIpc) is 3.54. The van der Waals surface area contributed by atoms with Gasteiger partial charge in [0.05, 0.1) is 0 Å². The molecule has 0 bridgehead atoms. The van der Waals surface area contributed by atoms with Crippen molar-refractivity contribution in [2.75, 3.05) is 39.3 Å². The van der Waals surface area contributed by atoms with Gasteiger partial charge < -0.3 is 19.6 Å². The van der Waals surface area contributed by atoms with Crippen molar-refractivity contribution >= 4 is 34.8 Å². The molecule has 0 spiro atoms. The van der Waals surface area contributed by atoms with E-state index in [4.69, 9.17) is 4.74 Å².